The van der Waals surface area contributed by atoms with Crippen molar-refractivity contribution >= 4 is 10.9 Å². The number of H-pyrrole nitrogens is 1. The molecule has 2 nitrogen and oxygen atoms in total. The van der Waals surface area contributed by atoms with Crippen LogP contribution >= 0.6 is 0 Å². The van der Waals surface area contributed by atoms with Gasteiger partial charge in [-0.25, -0.2) is 0 Å². The molecule has 1 saturated heterocycles. The second kappa shape index (κ2) is 3.11. The van der Waals surface area contributed by atoms with Crippen molar-refractivity contribution < 1.29 is 0 Å². The zero-order valence-corrected chi connectivity index (χ0v) is 9.25. The first-order valence-corrected chi connectivity index (χ1v) is 5.51. The Morgan fingerprint density at radius 3 is 2.87 bits per heavy atom. The molecule has 1 aliphatic rings. The van der Waals surface area contributed by atoms with Crippen LogP contribution in [0.15, 0.2) is 24.4 Å². The molecule has 78 valence electrons. The number of nitrogens with zero attached hydrogens (tertiary/aromatic N) is 1. The van der Waals surface area contributed by atoms with Crippen LogP contribution in [-0.2, 0) is 0 Å². The van der Waals surface area contributed by atoms with Crippen molar-refractivity contribution in [1.29, 1.82) is 0 Å². The largest absolute Gasteiger partial charge is 0.361 e. The van der Waals surface area contributed by atoms with Crippen LogP contribution in [0.4, 0.5) is 0 Å². The van der Waals surface area contributed by atoms with Gasteiger partial charge in [0.15, 0.2) is 0 Å². The van der Waals surface area contributed by atoms with Crippen molar-refractivity contribution in [2.75, 3.05) is 20.1 Å². The predicted molar refractivity (Wildman–Crippen MR) is 63.3 cm³/mol. The van der Waals surface area contributed by atoms with Gasteiger partial charge in [-0.15, -0.1) is 0 Å². The molecular formula is C13H16N2. The molecule has 1 N–H and O–H groups in total. The van der Waals surface area contributed by atoms with Gasteiger partial charge in [-0.3, -0.25) is 0 Å². The number of likely N-dealkylation sites (tertiary alicyclic amines) is 1. The van der Waals surface area contributed by atoms with Gasteiger partial charge in [-0.1, -0.05) is 18.2 Å². The van der Waals surface area contributed by atoms with Crippen LogP contribution in [0.5, 0.6) is 0 Å². The number of aromatic amines is 1. The van der Waals surface area contributed by atoms with Crippen LogP contribution in [0.25, 0.3) is 10.9 Å². The Balaban J connectivity index is 2.09. The number of benzene rings is 1. The molecule has 0 unspecified atom stereocenters. The van der Waals surface area contributed by atoms with E-state index < -0.39 is 0 Å². The first-order chi connectivity index (χ1) is 7.25. The second-order valence-electron chi connectivity index (χ2n) is 4.66. The van der Waals surface area contributed by atoms with Crippen LogP contribution < -0.4 is 0 Å². The summed E-state index contributed by atoms with van der Waals surface area (Å²) in [4.78, 5) is 5.76. The monoisotopic (exact) mass is 200 g/mol. The predicted octanol–water partition coefficient (Wildman–Crippen LogP) is 2.51. The zero-order valence-electron chi connectivity index (χ0n) is 9.25. The van der Waals surface area contributed by atoms with Gasteiger partial charge >= 0.3 is 0 Å². The van der Waals surface area contributed by atoms with Crippen molar-refractivity contribution in [3.05, 3.63) is 35.5 Å². The summed E-state index contributed by atoms with van der Waals surface area (Å²) in [6.45, 7) is 4.55. The number of aromatic nitrogens is 1. The fraction of sp³-hybridized carbons (Fsp3) is 0.385. The molecule has 3 rings (SSSR count). The summed E-state index contributed by atoms with van der Waals surface area (Å²) in [6.07, 6.45) is 2.19. The Bertz CT molecular complexity index is 492. The second-order valence-corrected chi connectivity index (χ2v) is 4.66. The summed E-state index contributed by atoms with van der Waals surface area (Å²) >= 11 is 0. The minimum atomic E-state index is 0.727. The summed E-state index contributed by atoms with van der Waals surface area (Å²) in [5.74, 6) is 0.727. The van der Waals surface area contributed by atoms with E-state index in [4.69, 9.17) is 0 Å². The van der Waals surface area contributed by atoms with Gasteiger partial charge in [0.25, 0.3) is 0 Å². The Kier molecular flexibility index (Phi) is 1.86. The molecule has 2 heterocycles. The number of hydrogen-bond acceptors (Lipinski definition) is 1. The average Bonchev–Trinajstić information content (AvgIpc) is 2.58. The lowest BCUT2D eigenvalue weighted by Crippen LogP contribution is -2.41. The van der Waals surface area contributed by atoms with E-state index in [1.165, 1.54) is 35.1 Å². The van der Waals surface area contributed by atoms with Gasteiger partial charge in [0.05, 0.1) is 0 Å². The van der Waals surface area contributed by atoms with E-state index in [2.05, 4.69) is 48.3 Å². The highest BCUT2D eigenvalue weighted by Crippen LogP contribution is 2.32. The van der Waals surface area contributed by atoms with E-state index in [0.717, 1.165) is 5.92 Å². The summed E-state index contributed by atoms with van der Waals surface area (Å²) in [7, 11) is 2.18. The number of para-hydroxylation sites is 1. The van der Waals surface area contributed by atoms with E-state index >= 15 is 0 Å². The Morgan fingerprint density at radius 2 is 2.13 bits per heavy atom. The van der Waals surface area contributed by atoms with Crippen LogP contribution in [0.3, 0.4) is 0 Å². The quantitative estimate of drug-likeness (QED) is 0.749. The molecular weight excluding hydrogens is 184 g/mol. The normalized spacial score (nSPS) is 18.3. The van der Waals surface area contributed by atoms with Gasteiger partial charge in [0, 0.05) is 36.1 Å². The van der Waals surface area contributed by atoms with Gasteiger partial charge in [0.1, 0.15) is 0 Å². The van der Waals surface area contributed by atoms with Crippen molar-refractivity contribution in [2.45, 2.75) is 12.8 Å². The number of aryl methyl sites for hydroxylation is 1. The lowest BCUT2D eigenvalue weighted by atomic mass is 9.91. The first kappa shape index (κ1) is 8.98. The molecule has 0 amide bonds. The van der Waals surface area contributed by atoms with Gasteiger partial charge in [0.2, 0.25) is 0 Å². The number of rotatable bonds is 1. The molecule has 0 bridgehead atoms. The smallest absolute Gasteiger partial charge is 0.0486 e. The molecule has 1 aromatic carbocycles. The highest BCUT2D eigenvalue weighted by Gasteiger charge is 2.26. The Labute approximate surface area is 89.9 Å². The topological polar surface area (TPSA) is 19.0 Å². The van der Waals surface area contributed by atoms with Gasteiger partial charge in [-0.05, 0) is 25.1 Å². The van der Waals surface area contributed by atoms with Crippen LogP contribution in [0, 0.1) is 6.92 Å². The van der Waals surface area contributed by atoms with E-state index in [1.807, 2.05) is 0 Å². The lowest BCUT2D eigenvalue weighted by Gasteiger charge is -2.36. The third kappa shape index (κ3) is 1.29. The average molecular weight is 200 g/mol. The third-order valence-corrected chi connectivity index (χ3v) is 3.46. The van der Waals surface area contributed by atoms with E-state index in [1.54, 1.807) is 0 Å². The Morgan fingerprint density at radius 1 is 1.33 bits per heavy atom. The maximum atomic E-state index is 3.40. The summed E-state index contributed by atoms with van der Waals surface area (Å²) in [5.41, 5.74) is 4.14. The SMILES string of the molecule is Cc1cccc2c(C3CN(C)C3)c[nH]c12. The fourth-order valence-electron chi connectivity index (χ4n) is 2.56. The Hall–Kier alpha value is -1.28. The molecule has 0 aliphatic carbocycles. The van der Waals surface area contributed by atoms with Gasteiger partial charge in [-0.2, -0.15) is 0 Å². The fourth-order valence-corrected chi connectivity index (χ4v) is 2.56. The van der Waals surface area contributed by atoms with Crippen molar-refractivity contribution in [1.82, 2.24) is 9.88 Å². The number of likely N-dealkylation sites (N-methyl/N-ethyl adjacent to an activating group) is 1. The molecule has 2 heteroatoms. The third-order valence-electron chi connectivity index (χ3n) is 3.46. The molecule has 0 atom stereocenters. The number of fused-ring (bicyclic) bond motifs is 1. The maximum Gasteiger partial charge on any atom is 0.0486 e. The lowest BCUT2D eigenvalue weighted by molar-refractivity contribution is 0.190. The van der Waals surface area contributed by atoms with Crippen molar-refractivity contribution in [3.8, 4) is 0 Å². The van der Waals surface area contributed by atoms with E-state index in [-0.39, 0.29) is 0 Å². The molecule has 15 heavy (non-hydrogen) atoms. The van der Waals surface area contributed by atoms with Crippen molar-refractivity contribution in [2.24, 2.45) is 0 Å². The maximum absolute atomic E-state index is 3.40. The van der Waals surface area contributed by atoms with E-state index in [9.17, 15) is 0 Å². The van der Waals surface area contributed by atoms with Crippen molar-refractivity contribution in [3.63, 3.8) is 0 Å². The summed E-state index contributed by atoms with van der Waals surface area (Å²) in [5, 5.41) is 1.41. The first-order valence-electron chi connectivity index (χ1n) is 5.51. The zero-order chi connectivity index (χ0) is 10.4. The highest BCUT2D eigenvalue weighted by molar-refractivity contribution is 5.86. The molecule has 1 aliphatic heterocycles. The summed E-state index contributed by atoms with van der Waals surface area (Å²) in [6, 6.07) is 6.54. The molecule has 2 aromatic rings. The molecule has 1 fully saturated rings. The van der Waals surface area contributed by atoms with Gasteiger partial charge < -0.3 is 9.88 Å². The minimum absolute atomic E-state index is 0.727. The molecule has 0 radical (unpaired) electrons. The molecule has 0 saturated carbocycles. The minimum Gasteiger partial charge on any atom is -0.361 e. The summed E-state index contributed by atoms with van der Waals surface area (Å²) < 4.78 is 0. The molecule has 1 aromatic heterocycles. The van der Waals surface area contributed by atoms with Crippen LogP contribution in [0.2, 0.25) is 0 Å². The van der Waals surface area contributed by atoms with Crippen LogP contribution in [0.1, 0.15) is 17.0 Å². The number of hydrogen-bond donors (Lipinski definition) is 1. The highest BCUT2D eigenvalue weighted by atomic mass is 15.2. The standard InChI is InChI=1S/C13H16N2/c1-9-4-3-5-11-12(6-14-13(9)11)10-7-15(2)8-10/h3-6,10,14H,7-8H2,1-2H3. The van der Waals surface area contributed by atoms with Crippen LogP contribution in [-0.4, -0.2) is 30.0 Å². The molecule has 0 spiro atoms. The number of nitrogens with one attached hydrogen (secondary N) is 1. The van der Waals surface area contributed by atoms with E-state index in [0.29, 0.717) is 0 Å².